The molecule has 2 aromatic carbocycles. The fourth-order valence-electron chi connectivity index (χ4n) is 3.26. The Bertz CT molecular complexity index is 1440. The molecule has 114 valence electrons. The molecule has 1 aliphatic carbocycles. The number of hydrogen-bond acceptors (Lipinski definition) is 4. The van der Waals surface area contributed by atoms with Gasteiger partial charge >= 0.3 is 0 Å². The highest BCUT2D eigenvalue weighted by molar-refractivity contribution is 7.17. The SMILES string of the molecule is O=c1c2oc3ccccc3c3ccsc3c=2c(=O)c2ccccc12. The number of para-hydroxylation sites is 1. The van der Waals surface area contributed by atoms with E-state index in [0.717, 1.165) is 15.5 Å². The van der Waals surface area contributed by atoms with Crippen LogP contribution in [0.2, 0.25) is 0 Å². The van der Waals surface area contributed by atoms with Gasteiger partial charge in [-0.25, -0.2) is 0 Å². The number of fused-ring (bicyclic) bond motifs is 5. The van der Waals surface area contributed by atoms with Gasteiger partial charge in [0.1, 0.15) is 5.58 Å². The maximum atomic E-state index is 13.1. The molecule has 4 heteroatoms. The highest BCUT2D eigenvalue weighted by Crippen LogP contribution is 2.28. The summed E-state index contributed by atoms with van der Waals surface area (Å²) >= 11 is 1.46. The third-order valence-corrected chi connectivity index (χ3v) is 5.29. The van der Waals surface area contributed by atoms with Crippen LogP contribution in [0.3, 0.4) is 0 Å². The normalized spacial score (nSPS) is 11.7. The average molecular weight is 330 g/mol. The smallest absolute Gasteiger partial charge is 0.229 e. The second-order valence-corrected chi connectivity index (χ2v) is 6.59. The Labute approximate surface area is 139 Å². The predicted octanol–water partition coefficient (Wildman–Crippen LogP) is 4.25. The molecule has 24 heavy (non-hydrogen) atoms. The van der Waals surface area contributed by atoms with Gasteiger partial charge in [0.25, 0.3) is 0 Å². The highest BCUT2D eigenvalue weighted by Gasteiger charge is 2.13. The van der Waals surface area contributed by atoms with Crippen LogP contribution in [0.1, 0.15) is 0 Å². The molecule has 0 amide bonds. The van der Waals surface area contributed by atoms with E-state index < -0.39 is 0 Å². The van der Waals surface area contributed by atoms with Crippen molar-refractivity contribution >= 4 is 43.2 Å². The third kappa shape index (κ3) is 1.66. The van der Waals surface area contributed by atoms with Crippen LogP contribution >= 0.6 is 11.3 Å². The Morgan fingerprint density at radius 2 is 1.38 bits per heavy atom. The van der Waals surface area contributed by atoms with Gasteiger partial charge in [-0.2, -0.15) is 0 Å². The van der Waals surface area contributed by atoms with Crippen molar-refractivity contribution in [3.63, 3.8) is 0 Å². The van der Waals surface area contributed by atoms with Crippen molar-refractivity contribution in [1.82, 2.24) is 0 Å². The van der Waals surface area contributed by atoms with Gasteiger partial charge in [-0.1, -0.05) is 42.5 Å². The van der Waals surface area contributed by atoms with Crippen molar-refractivity contribution in [3.8, 4) is 0 Å². The Kier molecular flexibility index (Phi) is 2.67. The minimum atomic E-state index is -0.240. The third-order valence-electron chi connectivity index (χ3n) is 4.36. The molecule has 0 spiro atoms. The van der Waals surface area contributed by atoms with Crippen LogP contribution in [0.4, 0.5) is 0 Å². The van der Waals surface area contributed by atoms with Crippen LogP contribution in [-0.4, -0.2) is 0 Å². The number of benzene rings is 2. The van der Waals surface area contributed by atoms with Gasteiger partial charge in [-0.15, -0.1) is 11.3 Å². The van der Waals surface area contributed by atoms with E-state index in [2.05, 4.69) is 0 Å². The molecule has 0 saturated heterocycles. The minimum Gasteiger partial charge on any atom is -0.452 e. The van der Waals surface area contributed by atoms with Gasteiger partial charge in [0, 0.05) is 21.5 Å². The van der Waals surface area contributed by atoms with Crippen LogP contribution in [0.15, 0.2) is 74.0 Å². The van der Waals surface area contributed by atoms with Gasteiger partial charge in [-0.05, 0) is 17.5 Å². The second-order valence-electron chi connectivity index (χ2n) is 5.67. The van der Waals surface area contributed by atoms with Gasteiger partial charge < -0.3 is 4.42 Å². The van der Waals surface area contributed by atoms with Crippen molar-refractivity contribution in [2.45, 2.75) is 0 Å². The lowest BCUT2D eigenvalue weighted by Crippen LogP contribution is -2.14. The summed E-state index contributed by atoms with van der Waals surface area (Å²) in [7, 11) is 0. The Morgan fingerprint density at radius 1 is 0.708 bits per heavy atom. The summed E-state index contributed by atoms with van der Waals surface area (Å²) in [4.78, 5) is 26.0. The van der Waals surface area contributed by atoms with E-state index >= 15 is 0 Å². The summed E-state index contributed by atoms with van der Waals surface area (Å²) in [5.41, 5.74) is 0.336. The molecule has 0 atom stereocenters. The molecule has 5 rings (SSSR count). The van der Waals surface area contributed by atoms with Gasteiger partial charge in [0.15, 0.2) is 10.8 Å². The van der Waals surface area contributed by atoms with Crippen LogP contribution in [-0.2, 0) is 0 Å². The van der Waals surface area contributed by atoms with Crippen molar-refractivity contribution < 1.29 is 4.42 Å². The fraction of sp³-hybridized carbons (Fsp3) is 0. The van der Waals surface area contributed by atoms with E-state index in [4.69, 9.17) is 4.42 Å². The Hall–Kier alpha value is -2.98. The molecule has 0 fully saturated rings. The van der Waals surface area contributed by atoms with E-state index in [1.165, 1.54) is 11.3 Å². The van der Waals surface area contributed by atoms with Crippen molar-refractivity contribution in [2.75, 3.05) is 0 Å². The zero-order valence-electron chi connectivity index (χ0n) is 12.4. The first kappa shape index (κ1) is 13.5. The van der Waals surface area contributed by atoms with Crippen molar-refractivity contribution in [2.24, 2.45) is 0 Å². The van der Waals surface area contributed by atoms with Gasteiger partial charge in [-0.3, -0.25) is 9.59 Å². The van der Waals surface area contributed by atoms with Crippen LogP contribution in [0, 0.1) is 10.6 Å². The molecule has 0 saturated carbocycles. The molecule has 0 radical (unpaired) electrons. The monoisotopic (exact) mass is 330 g/mol. The van der Waals surface area contributed by atoms with E-state index in [1.54, 1.807) is 24.3 Å². The molecule has 3 aromatic rings. The summed E-state index contributed by atoms with van der Waals surface area (Å²) < 4.78 is 6.75. The first-order valence-corrected chi connectivity index (χ1v) is 8.41. The fourth-order valence-corrected chi connectivity index (χ4v) is 4.21. The standard InChI is InChI=1S/C20H10O3S/c21-17-12-6-1-2-7-13(12)18(22)19-16(17)20-14(9-10-24-20)11-5-3-4-8-15(11)23-19/h1-10H. The molecule has 2 aliphatic rings. The van der Waals surface area contributed by atoms with E-state index in [1.807, 2.05) is 35.7 Å². The predicted molar refractivity (Wildman–Crippen MR) is 96.9 cm³/mol. The summed E-state index contributed by atoms with van der Waals surface area (Å²) in [6, 6.07) is 16.4. The Morgan fingerprint density at radius 3 is 2.17 bits per heavy atom. The number of thiophene rings is 1. The van der Waals surface area contributed by atoms with Crippen LogP contribution < -0.4 is 10.9 Å². The van der Waals surface area contributed by atoms with Crippen LogP contribution in [0.5, 0.6) is 0 Å². The lowest BCUT2D eigenvalue weighted by atomic mass is 10.1. The molecular weight excluding hydrogens is 320 g/mol. The Balaban J connectivity index is 2.34. The van der Waals surface area contributed by atoms with E-state index in [0.29, 0.717) is 21.6 Å². The van der Waals surface area contributed by atoms with Gasteiger partial charge in [0.2, 0.25) is 5.43 Å². The molecule has 0 unspecified atom stereocenters. The largest absolute Gasteiger partial charge is 0.452 e. The molecule has 3 nitrogen and oxygen atoms in total. The summed E-state index contributed by atoms with van der Waals surface area (Å²) in [6.45, 7) is 0. The lowest BCUT2D eigenvalue weighted by molar-refractivity contribution is 0.568. The van der Waals surface area contributed by atoms with Crippen molar-refractivity contribution in [1.29, 1.82) is 0 Å². The van der Waals surface area contributed by atoms with Crippen LogP contribution in [0.25, 0.3) is 31.8 Å². The zero-order valence-corrected chi connectivity index (χ0v) is 13.2. The topological polar surface area (TPSA) is 47.3 Å². The molecule has 1 aliphatic heterocycles. The highest BCUT2D eigenvalue weighted by atomic mass is 32.1. The quantitative estimate of drug-likeness (QED) is 0.426. The number of hydrogen-bond donors (Lipinski definition) is 0. The molecular formula is C20H10O3S. The zero-order chi connectivity index (χ0) is 16.3. The van der Waals surface area contributed by atoms with E-state index in [-0.39, 0.29) is 16.3 Å². The maximum Gasteiger partial charge on any atom is 0.229 e. The lowest BCUT2D eigenvalue weighted by Gasteiger charge is -1.95. The van der Waals surface area contributed by atoms with E-state index in [9.17, 15) is 9.59 Å². The molecule has 0 bridgehead atoms. The van der Waals surface area contributed by atoms with Crippen molar-refractivity contribution in [3.05, 3.63) is 91.1 Å². The molecule has 1 aromatic heterocycles. The molecule has 2 heterocycles. The first-order valence-electron chi connectivity index (χ1n) is 7.53. The second kappa shape index (κ2) is 4.76. The average Bonchev–Trinajstić information content (AvgIpc) is 3.04. The summed E-state index contributed by atoms with van der Waals surface area (Å²) in [6.07, 6.45) is 0. The molecule has 0 N–H and O–H groups in total. The van der Waals surface area contributed by atoms with Gasteiger partial charge in [0.05, 0.1) is 9.92 Å². The summed E-state index contributed by atoms with van der Waals surface area (Å²) in [5.74, 6) is 0. The maximum absolute atomic E-state index is 13.1. The minimum absolute atomic E-state index is 0.132. The first-order chi connectivity index (χ1) is 11.8. The number of rotatable bonds is 0. The summed E-state index contributed by atoms with van der Waals surface area (Å²) in [5, 5.41) is 4.98.